The quantitative estimate of drug-likeness (QED) is 0.531. The van der Waals surface area contributed by atoms with Gasteiger partial charge in [0, 0.05) is 19.0 Å². The van der Waals surface area contributed by atoms with Gasteiger partial charge >= 0.3 is 0 Å². The molecule has 3 aromatic carbocycles. The van der Waals surface area contributed by atoms with Crippen LogP contribution >= 0.6 is 0 Å². The molecule has 1 aliphatic rings. The molecule has 0 saturated heterocycles. The lowest BCUT2D eigenvalue weighted by molar-refractivity contribution is 0.299. The van der Waals surface area contributed by atoms with E-state index in [1.807, 2.05) is 43.6 Å². The van der Waals surface area contributed by atoms with Crippen LogP contribution in [0.25, 0.3) is 16.7 Å². The van der Waals surface area contributed by atoms with E-state index in [9.17, 15) is 9.50 Å². The first-order valence-electron chi connectivity index (χ1n) is 10.4. The van der Waals surface area contributed by atoms with Gasteiger partial charge in [0.2, 0.25) is 0 Å². The third kappa shape index (κ3) is 4.94. The second-order valence-corrected chi connectivity index (χ2v) is 7.48. The highest BCUT2D eigenvalue weighted by molar-refractivity contribution is 5.93. The van der Waals surface area contributed by atoms with Crippen LogP contribution in [0.3, 0.4) is 0 Å². The second-order valence-electron chi connectivity index (χ2n) is 7.48. The molecule has 4 nitrogen and oxygen atoms in total. The van der Waals surface area contributed by atoms with E-state index >= 15 is 0 Å². The van der Waals surface area contributed by atoms with Crippen LogP contribution in [0.2, 0.25) is 0 Å². The van der Waals surface area contributed by atoms with Crippen LogP contribution in [-0.2, 0) is 6.54 Å². The third-order valence-electron chi connectivity index (χ3n) is 5.12. The SMILES string of the molecule is CCCOc1ccc(CNC=C2CN=Cc3ccc(-c4cccc(F)c4)cc32)cc1O. The van der Waals surface area contributed by atoms with E-state index in [4.69, 9.17) is 4.74 Å². The highest BCUT2D eigenvalue weighted by atomic mass is 19.1. The van der Waals surface area contributed by atoms with Crippen molar-refractivity contribution in [2.75, 3.05) is 13.2 Å². The molecule has 0 atom stereocenters. The Morgan fingerprint density at radius 1 is 1.10 bits per heavy atom. The molecule has 0 unspecified atom stereocenters. The van der Waals surface area contributed by atoms with Crippen LogP contribution in [0.15, 0.2) is 71.9 Å². The Morgan fingerprint density at radius 3 is 2.77 bits per heavy atom. The molecule has 0 aromatic heterocycles. The van der Waals surface area contributed by atoms with Gasteiger partial charge in [-0.25, -0.2) is 4.39 Å². The van der Waals surface area contributed by atoms with Gasteiger partial charge < -0.3 is 15.2 Å². The summed E-state index contributed by atoms with van der Waals surface area (Å²) in [6.07, 6.45) is 4.72. The van der Waals surface area contributed by atoms with Crippen molar-refractivity contribution < 1.29 is 14.2 Å². The van der Waals surface area contributed by atoms with Gasteiger partial charge in [-0.3, -0.25) is 4.99 Å². The molecule has 0 aliphatic carbocycles. The standard InChI is InChI=1S/C26H25FN2O2/c1-2-10-31-26-9-6-18(11-25(26)30)14-28-16-22-17-29-15-21-8-7-20(13-24(21)22)19-4-3-5-23(27)12-19/h3-9,11-13,15-16,28,30H,2,10,14,17H2,1H3. The number of ether oxygens (including phenoxy) is 1. The minimum Gasteiger partial charge on any atom is -0.504 e. The van der Waals surface area contributed by atoms with Crippen molar-refractivity contribution in [3.05, 3.63) is 89.4 Å². The Balaban J connectivity index is 1.50. The minimum atomic E-state index is -0.247. The molecule has 1 aliphatic heterocycles. The minimum absolute atomic E-state index is 0.146. The average Bonchev–Trinajstić information content (AvgIpc) is 2.78. The number of aliphatic imine (C=N–C) groups is 1. The Kier molecular flexibility index (Phi) is 6.32. The fraction of sp³-hybridized carbons (Fsp3) is 0.192. The molecular formula is C26H25FN2O2. The Morgan fingerprint density at radius 2 is 1.97 bits per heavy atom. The van der Waals surface area contributed by atoms with Crippen molar-refractivity contribution in [2.45, 2.75) is 19.9 Å². The normalized spacial score (nSPS) is 13.8. The van der Waals surface area contributed by atoms with Crippen molar-refractivity contribution >= 4 is 11.8 Å². The summed E-state index contributed by atoms with van der Waals surface area (Å²) in [6, 6.07) is 18.1. The van der Waals surface area contributed by atoms with Gasteiger partial charge in [0.05, 0.1) is 13.2 Å². The third-order valence-corrected chi connectivity index (χ3v) is 5.12. The molecule has 0 saturated carbocycles. The van der Waals surface area contributed by atoms with Crippen molar-refractivity contribution in [3.63, 3.8) is 0 Å². The Hall–Kier alpha value is -3.60. The first kappa shape index (κ1) is 20.7. The molecule has 3 aromatic rings. The van der Waals surface area contributed by atoms with Crippen LogP contribution in [0, 0.1) is 5.82 Å². The lowest BCUT2D eigenvalue weighted by Crippen LogP contribution is -2.10. The smallest absolute Gasteiger partial charge is 0.160 e. The highest BCUT2D eigenvalue weighted by Crippen LogP contribution is 2.29. The largest absolute Gasteiger partial charge is 0.504 e. The lowest BCUT2D eigenvalue weighted by Gasteiger charge is -2.16. The number of nitrogens with one attached hydrogen (secondary N) is 1. The number of nitrogens with zero attached hydrogens (tertiary/aromatic N) is 1. The summed E-state index contributed by atoms with van der Waals surface area (Å²) in [4.78, 5) is 4.45. The van der Waals surface area contributed by atoms with Gasteiger partial charge in [0.1, 0.15) is 5.82 Å². The van der Waals surface area contributed by atoms with Crippen LogP contribution in [0.4, 0.5) is 4.39 Å². The van der Waals surface area contributed by atoms with E-state index in [0.29, 0.717) is 25.4 Å². The van der Waals surface area contributed by atoms with Gasteiger partial charge in [-0.1, -0.05) is 37.3 Å². The summed E-state index contributed by atoms with van der Waals surface area (Å²) in [5.74, 6) is 0.403. The fourth-order valence-corrected chi connectivity index (χ4v) is 3.54. The predicted octanol–water partition coefficient (Wildman–Crippen LogP) is 5.55. The second kappa shape index (κ2) is 9.47. The number of phenolic OH excluding ortho intramolecular Hbond substituents is 1. The number of rotatable bonds is 7. The summed E-state index contributed by atoms with van der Waals surface area (Å²) in [6.45, 7) is 3.74. The summed E-state index contributed by atoms with van der Waals surface area (Å²) >= 11 is 0. The zero-order valence-corrected chi connectivity index (χ0v) is 17.4. The number of benzene rings is 3. The van der Waals surface area contributed by atoms with Crippen LogP contribution in [0.5, 0.6) is 11.5 Å². The first-order chi connectivity index (χ1) is 15.1. The topological polar surface area (TPSA) is 53.8 Å². The van der Waals surface area contributed by atoms with Gasteiger partial charge in [0.25, 0.3) is 0 Å². The maximum Gasteiger partial charge on any atom is 0.160 e. The highest BCUT2D eigenvalue weighted by Gasteiger charge is 2.13. The van der Waals surface area contributed by atoms with Crippen molar-refractivity contribution in [1.29, 1.82) is 0 Å². The number of hydrogen-bond donors (Lipinski definition) is 2. The average molecular weight is 416 g/mol. The first-order valence-corrected chi connectivity index (χ1v) is 10.4. The number of fused-ring (bicyclic) bond motifs is 1. The summed E-state index contributed by atoms with van der Waals surface area (Å²) in [5, 5.41) is 13.5. The van der Waals surface area contributed by atoms with Crippen LogP contribution in [0.1, 0.15) is 30.0 Å². The van der Waals surface area contributed by atoms with Crippen molar-refractivity contribution in [1.82, 2.24) is 5.32 Å². The molecular weight excluding hydrogens is 391 g/mol. The van der Waals surface area contributed by atoms with E-state index < -0.39 is 0 Å². The molecule has 0 spiro atoms. The van der Waals surface area contributed by atoms with E-state index in [-0.39, 0.29) is 11.6 Å². The van der Waals surface area contributed by atoms with Gasteiger partial charge in [-0.2, -0.15) is 0 Å². The van der Waals surface area contributed by atoms with Crippen molar-refractivity contribution in [3.8, 4) is 22.6 Å². The maximum absolute atomic E-state index is 13.6. The molecule has 1 heterocycles. The number of phenols is 1. The molecule has 2 N–H and O–H groups in total. The van der Waals surface area contributed by atoms with Gasteiger partial charge in [0.15, 0.2) is 11.5 Å². The Labute approximate surface area is 181 Å². The zero-order valence-electron chi connectivity index (χ0n) is 17.4. The summed E-state index contributed by atoms with van der Waals surface area (Å²) in [5.41, 5.74) is 5.93. The fourth-order valence-electron chi connectivity index (χ4n) is 3.54. The lowest BCUT2D eigenvalue weighted by atomic mass is 9.93. The monoisotopic (exact) mass is 416 g/mol. The van der Waals surface area contributed by atoms with Gasteiger partial charge in [-0.05, 0) is 70.1 Å². The summed E-state index contributed by atoms with van der Waals surface area (Å²) in [7, 11) is 0. The Bertz CT molecular complexity index is 1140. The summed E-state index contributed by atoms with van der Waals surface area (Å²) < 4.78 is 19.2. The van der Waals surface area contributed by atoms with Crippen LogP contribution < -0.4 is 10.1 Å². The molecule has 0 amide bonds. The maximum atomic E-state index is 13.6. The molecule has 5 heteroatoms. The number of aromatic hydroxyl groups is 1. The van der Waals surface area contributed by atoms with E-state index in [1.165, 1.54) is 6.07 Å². The number of hydrogen-bond acceptors (Lipinski definition) is 4. The molecule has 0 fully saturated rings. The molecule has 0 radical (unpaired) electrons. The van der Waals surface area contributed by atoms with E-state index in [1.54, 1.807) is 24.3 Å². The molecule has 31 heavy (non-hydrogen) atoms. The molecule has 4 rings (SSSR count). The van der Waals surface area contributed by atoms with Crippen LogP contribution in [-0.4, -0.2) is 24.5 Å². The zero-order chi connectivity index (χ0) is 21.6. The van der Waals surface area contributed by atoms with Crippen molar-refractivity contribution in [2.24, 2.45) is 4.99 Å². The van der Waals surface area contributed by atoms with E-state index in [2.05, 4.69) is 16.4 Å². The van der Waals surface area contributed by atoms with Gasteiger partial charge in [-0.15, -0.1) is 0 Å². The predicted molar refractivity (Wildman–Crippen MR) is 123 cm³/mol. The van der Waals surface area contributed by atoms with E-state index in [0.717, 1.165) is 39.8 Å². The number of halogens is 1. The molecule has 0 bridgehead atoms. The molecule has 158 valence electrons.